The fourth-order valence-corrected chi connectivity index (χ4v) is 5.39. The Morgan fingerprint density at radius 1 is 1.19 bits per heavy atom. The van der Waals surface area contributed by atoms with Crippen LogP contribution in [0.4, 0.5) is 5.69 Å². The van der Waals surface area contributed by atoms with Crippen molar-refractivity contribution in [3.8, 4) is 11.1 Å². The largest absolute Gasteiger partial charge is 0.461 e. The van der Waals surface area contributed by atoms with Crippen molar-refractivity contribution in [2.24, 2.45) is 0 Å². The second-order valence-corrected chi connectivity index (χ2v) is 10.1. The summed E-state index contributed by atoms with van der Waals surface area (Å²) in [5.41, 5.74) is 5.03. The number of benzene rings is 1. The molecule has 1 N–H and O–H groups in total. The quantitative estimate of drug-likeness (QED) is 0.499. The number of morpholine rings is 1. The molecule has 0 radical (unpaired) electrons. The van der Waals surface area contributed by atoms with Crippen LogP contribution in [0.1, 0.15) is 74.6 Å². The molecule has 8 heteroatoms. The molecule has 5 rings (SSSR count). The van der Waals surface area contributed by atoms with E-state index in [1.54, 1.807) is 6.92 Å². The number of aliphatic hydroxyl groups excluding tert-OH is 1. The van der Waals surface area contributed by atoms with E-state index in [0.29, 0.717) is 12.1 Å². The zero-order valence-electron chi connectivity index (χ0n) is 21.4. The molecule has 36 heavy (non-hydrogen) atoms. The van der Waals surface area contributed by atoms with Gasteiger partial charge in [-0.3, -0.25) is 0 Å². The van der Waals surface area contributed by atoms with Gasteiger partial charge in [0.1, 0.15) is 0 Å². The summed E-state index contributed by atoms with van der Waals surface area (Å²) in [5, 5.41) is 16.4. The minimum absolute atomic E-state index is 0.0465. The van der Waals surface area contributed by atoms with Crippen molar-refractivity contribution < 1.29 is 19.4 Å². The van der Waals surface area contributed by atoms with E-state index in [1.807, 2.05) is 10.7 Å². The molecule has 1 aliphatic heterocycles. The van der Waals surface area contributed by atoms with Gasteiger partial charge >= 0.3 is 5.97 Å². The topological polar surface area (TPSA) is 89.7 Å². The summed E-state index contributed by atoms with van der Waals surface area (Å²) >= 11 is 0. The molecule has 1 saturated carbocycles. The minimum Gasteiger partial charge on any atom is -0.461 e. The SMILES string of the molecule is CCOC(=O)c1cc(-c2ccc(N3CCOCC3)cc2)c2c(C(C)C)nn([C@@H]3CCC[C@H](O)C3)c2n1. The summed E-state index contributed by atoms with van der Waals surface area (Å²) < 4.78 is 12.8. The van der Waals surface area contributed by atoms with Gasteiger partial charge in [0.05, 0.1) is 43.0 Å². The van der Waals surface area contributed by atoms with E-state index in [2.05, 4.69) is 43.0 Å². The molecule has 0 spiro atoms. The van der Waals surface area contributed by atoms with Gasteiger partial charge in [0.2, 0.25) is 0 Å². The first-order valence-corrected chi connectivity index (χ1v) is 13.2. The number of anilines is 1. The molecule has 0 amide bonds. The molecular formula is C28H36N4O4. The summed E-state index contributed by atoms with van der Waals surface area (Å²) in [4.78, 5) is 20.0. The molecule has 2 fully saturated rings. The number of aromatic nitrogens is 3. The van der Waals surface area contributed by atoms with Gasteiger partial charge < -0.3 is 19.5 Å². The van der Waals surface area contributed by atoms with Crippen LogP contribution in [-0.4, -0.2) is 64.9 Å². The first-order chi connectivity index (χ1) is 17.5. The molecule has 1 aromatic carbocycles. The monoisotopic (exact) mass is 492 g/mol. The predicted molar refractivity (Wildman–Crippen MR) is 140 cm³/mol. The Bertz CT molecular complexity index is 1210. The number of hydrogen-bond acceptors (Lipinski definition) is 7. The zero-order chi connectivity index (χ0) is 25.2. The smallest absolute Gasteiger partial charge is 0.357 e. The van der Waals surface area contributed by atoms with Gasteiger partial charge in [-0.25, -0.2) is 14.5 Å². The number of fused-ring (bicyclic) bond motifs is 1. The van der Waals surface area contributed by atoms with Crippen LogP contribution in [0.5, 0.6) is 0 Å². The fourth-order valence-electron chi connectivity index (χ4n) is 5.39. The fraction of sp³-hybridized carbons (Fsp3) is 0.536. The van der Waals surface area contributed by atoms with Crippen LogP contribution in [0.3, 0.4) is 0 Å². The normalized spacial score (nSPS) is 20.8. The Morgan fingerprint density at radius 2 is 1.94 bits per heavy atom. The van der Waals surface area contributed by atoms with Crippen molar-refractivity contribution in [3.05, 3.63) is 41.7 Å². The van der Waals surface area contributed by atoms with E-state index in [4.69, 9.17) is 19.6 Å². The lowest BCUT2D eigenvalue weighted by molar-refractivity contribution is 0.0519. The number of aliphatic hydroxyl groups is 1. The first-order valence-electron chi connectivity index (χ1n) is 13.2. The summed E-state index contributed by atoms with van der Waals surface area (Å²) in [6.45, 7) is 9.58. The number of ether oxygens (including phenoxy) is 2. The number of hydrogen-bond donors (Lipinski definition) is 1. The third kappa shape index (κ3) is 4.84. The predicted octanol–water partition coefficient (Wildman–Crippen LogP) is 4.71. The van der Waals surface area contributed by atoms with E-state index in [-0.39, 0.29) is 30.4 Å². The lowest BCUT2D eigenvalue weighted by atomic mass is 9.93. The first kappa shape index (κ1) is 24.7. The molecule has 1 aliphatic carbocycles. The zero-order valence-corrected chi connectivity index (χ0v) is 21.4. The van der Waals surface area contributed by atoms with Crippen LogP contribution in [0, 0.1) is 0 Å². The van der Waals surface area contributed by atoms with E-state index in [0.717, 1.165) is 73.5 Å². The highest BCUT2D eigenvalue weighted by Crippen LogP contribution is 2.38. The van der Waals surface area contributed by atoms with E-state index >= 15 is 0 Å². The van der Waals surface area contributed by atoms with Gasteiger partial charge in [-0.2, -0.15) is 5.10 Å². The average Bonchev–Trinajstić information content (AvgIpc) is 3.29. The third-order valence-electron chi connectivity index (χ3n) is 7.24. The van der Waals surface area contributed by atoms with Gasteiger partial charge in [-0.05, 0) is 67.9 Å². The van der Waals surface area contributed by atoms with Gasteiger partial charge in [0.25, 0.3) is 0 Å². The molecule has 3 aromatic rings. The van der Waals surface area contributed by atoms with E-state index in [9.17, 15) is 9.90 Å². The number of carbonyl (C=O) groups excluding carboxylic acids is 1. The Balaban J connectivity index is 1.66. The number of pyridine rings is 1. The van der Waals surface area contributed by atoms with Crippen LogP contribution >= 0.6 is 0 Å². The Hall–Kier alpha value is -2.97. The van der Waals surface area contributed by atoms with Crippen molar-refractivity contribution in [1.82, 2.24) is 14.8 Å². The molecule has 0 bridgehead atoms. The number of rotatable bonds is 6. The molecule has 2 aromatic heterocycles. The molecular weight excluding hydrogens is 456 g/mol. The summed E-state index contributed by atoms with van der Waals surface area (Å²) in [6, 6.07) is 10.4. The Labute approximate surface area is 212 Å². The van der Waals surface area contributed by atoms with Gasteiger partial charge in [-0.15, -0.1) is 0 Å². The maximum absolute atomic E-state index is 12.8. The van der Waals surface area contributed by atoms with Gasteiger partial charge in [0.15, 0.2) is 11.3 Å². The van der Waals surface area contributed by atoms with Gasteiger partial charge in [-0.1, -0.05) is 26.0 Å². The molecule has 192 valence electrons. The molecule has 2 aliphatic rings. The van der Waals surface area contributed by atoms with Crippen LogP contribution in [0.25, 0.3) is 22.2 Å². The maximum atomic E-state index is 12.8. The molecule has 1 saturated heterocycles. The highest BCUT2D eigenvalue weighted by molar-refractivity contribution is 6.00. The Morgan fingerprint density at radius 3 is 2.61 bits per heavy atom. The molecule has 0 unspecified atom stereocenters. The second kappa shape index (κ2) is 10.6. The number of esters is 1. The maximum Gasteiger partial charge on any atom is 0.357 e. The van der Waals surface area contributed by atoms with Crippen LogP contribution in [-0.2, 0) is 9.47 Å². The van der Waals surface area contributed by atoms with Crippen molar-refractivity contribution in [3.63, 3.8) is 0 Å². The van der Waals surface area contributed by atoms with Crippen molar-refractivity contribution in [2.45, 2.75) is 64.5 Å². The van der Waals surface area contributed by atoms with Crippen LogP contribution in [0.2, 0.25) is 0 Å². The van der Waals surface area contributed by atoms with E-state index in [1.165, 1.54) is 0 Å². The summed E-state index contributed by atoms with van der Waals surface area (Å²) in [6.07, 6.45) is 2.99. The summed E-state index contributed by atoms with van der Waals surface area (Å²) in [7, 11) is 0. The van der Waals surface area contributed by atoms with Crippen molar-refractivity contribution in [2.75, 3.05) is 37.8 Å². The van der Waals surface area contributed by atoms with Crippen LogP contribution in [0.15, 0.2) is 30.3 Å². The van der Waals surface area contributed by atoms with Gasteiger partial charge in [0, 0.05) is 18.8 Å². The molecule has 8 nitrogen and oxygen atoms in total. The molecule has 3 heterocycles. The lowest BCUT2D eigenvalue weighted by Crippen LogP contribution is -2.36. The highest BCUT2D eigenvalue weighted by atomic mass is 16.5. The molecule has 2 atom stereocenters. The number of nitrogens with zero attached hydrogens (tertiary/aromatic N) is 4. The second-order valence-electron chi connectivity index (χ2n) is 10.1. The lowest BCUT2D eigenvalue weighted by Gasteiger charge is -2.29. The average molecular weight is 493 g/mol. The van der Waals surface area contributed by atoms with Crippen LogP contribution < -0.4 is 4.90 Å². The standard InChI is InChI=1S/C28H36N4O4/c1-4-36-28(34)24-17-23(19-8-10-20(11-9-19)31-12-14-35-15-13-31)25-26(18(2)3)30-32(27(25)29-24)21-6-5-7-22(33)16-21/h8-11,17-18,21-22,33H,4-7,12-16H2,1-3H3/t21-,22+/m1/s1. The third-order valence-corrected chi connectivity index (χ3v) is 7.24. The number of carbonyl (C=O) groups is 1. The summed E-state index contributed by atoms with van der Waals surface area (Å²) in [5.74, 6) is -0.267. The Kier molecular flexibility index (Phi) is 7.25. The van der Waals surface area contributed by atoms with E-state index < -0.39 is 5.97 Å². The van der Waals surface area contributed by atoms with Crippen molar-refractivity contribution >= 4 is 22.7 Å². The highest BCUT2D eigenvalue weighted by Gasteiger charge is 2.29. The van der Waals surface area contributed by atoms with Crippen molar-refractivity contribution in [1.29, 1.82) is 0 Å². The minimum atomic E-state index is -0.437.